The average Bonchev–Trinajstić information content (AvgIpc) is 2.91. The van der Waals surface area contributed by atoms with Gasteiger partial charge < -0.3 is 0 Å². The highest BCUT2D eigenvalue weighted by Gasteiger charge is 3.02. The fourth-order valence-electron chi connectivity index (χ4n) is 3.58. The topological polar surface area (TPSA) is 34.1 Å². The van der Waals surface area contributed by atoms with E-state index in [1.54, 1.807) is 0 Å². The van der Waals surface area contributed by atoms with E-state index in [0.717, 1.165) is 18.2 Å². The molecule has 3 saturated carbocycles. The van der Waals surface area contributed by atoms with Gasteiger partial charge in [-0.2, -0.15) is 0 Å². The van der Waals surface area contributed by atoms with Crippen molar-refractivity contribution in [3.8, 4) is 0 Å². The molecule has 0 aromatic carbocycles. The first-order valence-electron chi connectivity index (χ1n) is 4.59. The van der Waals surface area contributed by atoms with Gasteiger partial charge in [0.15, 0.2) is 9.84 Å². The zero-order chi connectivity index (χ0) is 9.48. The summed E-state index contributed by atoms with van der Waals surface area (Å²) in [6.45, 7) is 3.42. The molecule has 0 amide bonds. The van der Waals surface area contributed by atoms with Gasteiger partial charge in [-0.3, -0.25) is 0 Å². The van der Waals surface area contributed by atoms with E-state index in [-0.39, 0.29) is 4.32 Å². The van der Waals surface area contributed by atoms with E-state index in [2.05, 4.69) is 22.5 Å². The molecule has 13 heavy (non-hydrogen) atoms. The molecule has 3 fully saturated rings. The summed E-state index contributed by atoms with van der Waals surface area (Å²) in [7, 11) is -3.05. The lowest BCUT2D eigenvalue weighted by Crippen LogP contribution is -2.27. The van der Waals surface area contributed by atoms with Gasteiger partial charge >= 0.3 is 0 Å². The molecule has 2 atom stereocenters. The summed E-state index contributed by atoms with van der Waals surface area (Å²) >= 11 is 3.61. The fraction of sp³-hybridized carbons (Fsp3) is 0.778. The second-order valence-corrected chi connectivity index (χ2v) is 7.72. The third kappa shape index (κ3) is 0.566. The number of alkyl halides is 1. The normalized spacial score (nSPS) is 56.7. The Hall–Kier alpha value is 0.170. The van der Waals surface area contributed by atoms with Crippen LogP contribution in [0.5, 0.6) is 0 Å². The molecule has 0 spiro atoms. The molecule has 3 aliphatic rings. The Balaban J connectivity index is 2.09. The molecule has 4 heteroatoms. The van der Waals surface area contributed by atoms with Gasteiger partial charge in [-0.05, 0) is 24.7 Å². The highest BCUT2D eigenvalue weighted by molar-refractivity contribution is 9.10. The van der Waals surface area contributed by atoms with Crippen molar-refractivity contribution in [3.63, 3.8) is 0 Å². The van der Waals surface area contributed by atoms with Crippen LogP contribution in [-0.2, 0) is 9.84 Å². The van der Waals surface area contributed by atoms with E-state index < -0.39 is 14.6 Å². The molecular weight excluding hydrogens is 252 g/mol. The predicted molar refractivity (Wildman–Crippen MR) is 54.3 cm³/mol. The van der Waals surface area contributed by atoms with Crippen molar-refractivity contribution in [2.24, 2.45) is 11.8 Å². The first kappa shape index (κ1) is 8.48. The molecule has 0 N–H and O–H groups in total. The van der Waals surface area contributed by atoms with Crippen molar-refractivity contribution >= 4 is 25.8 Å². The van der Waals surface area contributed by atoms with Gasteiger partial charge in [-0.1, -0.05) is 28.9 Å². The molecule has 0 aromatic rings. The van der Waals surface area contributed by atoms with Crippen molar-refractivity contribution in [2.45, 2.75) is 28.3 Å². The van der Waals surface area contributed by atoms with Crippen LogP contribution in [-0.4, -0.2) is 17.5 Å². The molecule has 0 radical (unpaired) electrons. The van der Waals surface area contributed by atoms with Gasteiger partial charge in [0.05, 0.1) is 4.32 Å². The van der Waals surface area contributed by atoms with Crippen LogP contribution in [0.1, 0.15) is 19.3 Å². The Morgan fingerprint density at radius 3 is 2.31 bits per heavy atom. The summed E-state index contributed by atoms with van der Waals surface area (Å²) in [5, 5.41) is 1.15. The number of hydrogen-bond acceptors (Lipinski definition) is 2. The molecule has 2 nitrogen and oxygen atoms in total. The fourth-order valence-corrected chi connectivity index (χ4v) is 8.35. The maximum absolute atomic E-state index is 11.8. The SMILES string of the molecule is C=CS(=O)(=O)C12C3CCCC1C32Br. The van der Waals surface area contributed by atoms with Crippen molar-refractivity contribution in [3.05, 3.63) is 12.0 Å². The van der Waals surface area contributed by atoms with E-state index in [9.17, 15) is 8.42 Å². The van der Waals surface area contributed by atoms with Crippen molar-refractivity contribution in [1.29, 1.82) is 0 Å². The van der Waals surface area contributed by atoms with E-state index in [1.807, 2.05) is 0 Å². The third-order valence-electron chi connectivity index (χ3n) is 4.16. The summed E-state index contributed by atoms with van der Waals surface area (Å²) in [4.78, 5) is 0. The summed E-state index contributed by atoms with van der Waals surface area (Å²) < 4.78 is 23.1. The van der Waals surface area contributed by atoms with Crippen LogP contribution in [0.25, 0.3) is 0 Å². The lowest BCUT2D eigenvalue weighted by atomic mass is 9.88. The van der Waals surface area contributed by atoms with E-state index in [0.29, 0.717) is 11.8 Å². The van der Waals surface area contributed by atoms with Crippen molar-refractivity contribution in [1.82, 2.24) is 0 Å². The van der Waals surface area contributed by atoms with Gasteiger partial charge in [0.1, 0.15) is 4.75 Å². The monoisotopic (exact) mass is 262 g/mol. The quantitative estimate of drug-likeness (QED) is 0.713. The van der Waals surface area contributed by atoms with Crippen LogP contribution in [0.2, 0.25) is 0 Å². The Morgan fingerprint density at radius 1 is 1.38 bits per heavy atom. The molecule has 0 bridgehead atoms. The van der Waals surface area contributed by atoms with Crippen LogP contribution in [0.15, 0.2) is 12.0 Å². The number of sulfone groups is 1. The Bertz CT molecular complexity index is 386. The standard InChI is InChI=1S/C9H11BrO2S/c1-2-13(11,12)9-6-4-3-5-7(9)8(6,9)10/h2,6-7H,1,3-5H2. The Kier molecular flexibility index (Phi) is 1.25. The van der Waals surface area contributed by atoms with Gasteiger partial charge in [0.2, 0.25) is 0 Å². The maximum atomic E-state index is 11.8. The van der Waals surface area contributed by atoms with Gasteiger partial charge in [0, 0.05) is 5.41 Å². The zero-order valence-electron chi connectivity index (χ0n) is 7.16. The summed E-state index contributed by atoms with van der Waals surface area (Å²) in [5.41, 5.74) is 0. The molecule has 0 saturated heterocycles. The largest absolute Gasteiger partial charge is 0.224 e. The Labute approximate surface area is 86.4 Å². The summed E-state index contributed by atoms with van der Waals surface area (Å²) in [6.07, 6.45) is 3.32. The summed E-state index contributed by atoms with van der Waals surface area (Å²) in [6, 6.07) is 0. The number of hydrogen-bond donors (Lipinski definition) is 0. The van der Waals surface area contributed by atoms with Crippen LogP contribution in [0, 0.1) is 11.8 Å². The maximum Gasteiger partial charge on any atom is 0.178 e. The van der Waals surface area contributed by atoms with Crippen molar-refractivity contribution in [2.75, 3.05) is 0 Å². The lowest BCUT2D eigenvalue weighted by Gasteiger charge is -2.24. The number of halogens is 1. The molecule has 2 unspecified atom stereocenters. The minimum atomic E-state index is -3.05. The van der Waals surface area contributed by atoms with Crippen LogP contribution < -0.4 is 0 Å². The molecular formula is C9H11BrO2S. The second kappa shape index (κ2) is 1.91. The number of fused-ring (bicyclic) bond motifs is 2. The van der Waals surface area contributed by atoms with E-state index >= 15 is 0 Å². The molecule has 0 aromatic heterocycles. The van der Waals surface area contributed by atoms with Gasteiger partial charge in [0.25, 0.3) is 0 Å². The first-order valence-corrected chi connectivity index (χ1v) is 6.93. The smallest absolute Gasteiger partial charge is 0.178 e. The van der Waals surface area contributed by atoms with Crippen LogP contribution in [0.4, 0.5) is 0 Å². The first-order chi connectivity index (χ1) is 6.03. The third-order valence-corrected chi connectivity index (χ3v) is 8.47. The van der Waals surface area contributed by atoms with Gasteiger partial charge in [-0.25, -0.2) is 8.42 Å². The highest BCUT2D eigenvalue weighted by atomic mass is 79.9. The second-order valence-electron chi connectivity index (χ2n) is 4.31. The molecule has 3 rings (SSSR count). The minimum absolute atomic E-state index is 0.0364. The lowest BCUT2D eigenvalue weighted by molar-refractivity contribution is 0.359. The Morgan fingerprint density at radius 2 is 1.92 bits per heavy atom. The molecule has 0 aliphatic heterocycles. The summed E-state index contributed by atoms with van der Waals surface area (Å²) in [5.74, 6) is 0.753. The zero-order valence-corrected chi connectivity index (χ0v) is 9.57. The van der Waals surface area contributed by atoms with Crippen LogP contribution >= 0.6 is 15.9 Å². The molecule has 0 heterocycles. The minimum Gasteiger partial charge on any atom is -0.224 e. The highest BCUT2D eigenvalue weighted by Crippen LogP contribution is 2.92. The number of rotatable bonds is 2. The average molecular weight is 263 g/mol. The molecule has 72 valence electrons. The predicted octanol–water partition coefficient (Wildman–Crippen LogP) is 1.86. The van der Waals surface area contributed by atoms with E-state index in [4.69, 9.17) is 0 Å². The van der Waals surface area contributed by atoms with Gasteiger partial charge in [-0.15, -0.1) is 0 Å². The van der Waals surface area contributed by atoms with Crippen LogP contribution in [0.3, 0.4) is 0 Å². The van der Waals surface area contributed by atoms with E-state index in [1.165, 1.54) is 6.42 Å². The van der Waals surface area contributed by atoms with Crippen molar-refractivity contribution < 1.29 is 8.42 Å². The molecule has 3 aliphatic carbocycles.